The van der Waals surface area contributed by atoms with Crippen LogP contribution in [0.4, 0.5) is 13.2 Å². The van der Waals surface area contributed by atoms with Gasteiger partial charge in [-0.05, 0) is 37.0 Å². The van der Waals surface area contributed by atoms with Crippen molar-refractivity contribution in [3.63, 3.8) is 0 Å². The molecule has 0 unspecified atom stereocenters. The predicted molar refractivity (Wildman–Crippen MR) is 153 cm³/mol. The van der Waals surface area contributed by atoms with Crippen LogP contribution in [0.5, 0.6) is 0 Å². The molecule has 0 saturated heterocycles. The molecule has 2 N–H and O–H groups in total. The largest absolute Gasteiger partial charge is 0.416 e. The summed E-state index contributed by atoms with van der Waals surface area (Å²) < 4.78 is 38.3. The number of benzene rings is 3. The summed E-state index contributed by atoms with van der Waals surface area (Å²) in [5.74, 6) is 0. The number of amides is 1. The van der Waals surface area contributed by atoms with Crippen molar-refractivity contribution >= 4 is 24.0 Å². The van der Waals surface area contributed by atoms with Gasteiger partial charge in [0.2, 0.25) is 6.41 Å². The molecule has 5 nitrogen and oxygen atoms in total. The topological polar surface area (TPSA) is 71.1 Å². The maximum atomic E-state index is 12.8. The van der Waals surface area contributed by atoms with Gasteiger partial charge in [-0.1, -0.05) is 78.9 Å². The van der Waals surface area contributed by atoms with Gasteiger partial charge in [0.25, 0.3) is 0 Å². The van der Waals surface area contributed by atoms with Crippen LogP contribution in [-0.2, 0) is 35.2 Å². The molecule has 4 aromatic rings. The molecule has 0 aliphatic carbocycles. The first kappa shape index (κ1) is 30.7. The van der Waals surface area contributed by atoms with Crippen LogP contribution in [0.2, 0.25) is 0 Å². The molecular weight excluding hydrogens is 535 g/mol. The molecule has 40 heavy (non-hydrogen) atoms. The van der Waals surface area contributed by atoms with E-state index in [0.717, 1.165) is 52.4 Å². The quantitative estimate of drug-likeness (QED) is 0.194. The zero-order valence-electron chi connectivity index (χ0n) is 22.2. The normalized spacial score (nSPS) is 11.7. The highest BCUT2D eigenvalue weighted by molar-refractivity contribution is 7.15. The van der Waals surface area contributed by atoms with Crippen molar-refractivity contribution in [3.05, 3.63) is 112 Å². The Morgan fingerprint density at radius 3 is 2.25 bits per heavy atom. The lowest BCUT2D eigenvalue weighted by Gasteiger charge is -2.19. The summed E-state index contributed by atoms with van der Waals surface area (Å²) in [5, 5.41) is 6.86. The van der Waals surface area contributed by atoms with E-state index in [1.165, 1.54) is 11.6 Å². The molecule has 9 heteroatoms. The minimum atomic E-state index is -4.35. The van der Waals surface area contributed by atoms with Crippen molar-refractivity contribution in [1.82, 2.24) is 15.6 Å². The van der Waals surface area contributed by atoms with Crippen molar-refractivity contribution in [2.75, 3.05) is 6.54 Å². The highest BCUT2D eigenvalue weighted by atomic mass is 32.1. The van der Waals surface area contributed by atoms with Gasteiger partial charge in [-0.3, -0.25) is 4.79 Å². The second kappa shape index (κ2) is 15.7. The lowest BCUT2D eigenvalue weighted by molar-refractivity contribution is -0.137. The van der Waals surface area contributed by atoms with E-state index in [0.29, 0.717) is 31.5 Å². The number of halogens is 3. The van der Waals surface area contributed by atoms with Crippen LogP contribution in [0.3, 0.4) is 0 Å². The smallest absolute Gasteiger partial charge is 0.357 e. The Morgan fingerprint density at radius 1 is 0.925 bits per heavy atom. The summed E-state index contributed by atoms with van der Waals surface area (Å²) in [7, 11) is 0. The van der Waals surface area contributed by atoms with E-state index in [1.54, 1.807) is 17.4 Å². The number of rotatable bonds is 12. The van der Waals surface area contributed by atoms with Gasteiger partial charge in [-0.15, -0.1) is 11.3 Å². The number of aldehydes is 1. The van der Waals surface area contributed by atoms with Crippen LogP contribution < -0.4 is 10.6 Å². The molecule has 3 aromatic carbocycles. The summed E-state index contributed by atoms with van der Waals surface area (Å²) in [5.41, 5.74) is 3.16. The van der Waals surface area contributed by atoms with E-state index in [4.69, 9.17) is 0 Å². The van der Waals surface area contributed by atoms with Crippen LogP contribution in [0.1, 0.15) is 33.7 Å². The second-order valence-electron chi connectivity index (χ2n) is 9.09. The fourth-order valence-electron chi connectivity index (χ4n) is 3.97. The summed E-state index contributed by atoms with van der Waals surface area (Å²) in [6.07, 6.45) is -0.736. The Morgan fingerprint density at radius 2 is 1.60 bits per heavy atom. The fourth-order valence-corrected chi connectivity index (χ4v) is 4.98. The third-order valence-electron chi connectivity index (χ3n) is 6.10. The van der Waals surface area contributed by atoms with E-state index in [1.807, 2.05) is 67.6 Å². The first-order valence-electron chi connectivity index (χ1n) is 12.9. The molecular formula is C31H32F3N3O2S. The number of nitrogens with zero attached hydrogens (tertiary/aromatic N) is 1. The Hall–Kier alpha value is -3.82. The predicted octanol–water partition coefficient (Wildman–Crippen LogP) is 6.40. The lowest BCUT2D eigenvalue weighted by atomic mass is 10.0. The van der Waals surface area contributed by atoms with E-state index in [2.05, 4.69) is 15.6 Å². The van der Waals surface area contributed by atoms with Crippen LogP contribution in [0.25, 0.3) is 10.6 Å². The van der Waals surface area contributed by atoms with Gasteiger partial charge in [0.1, 0.15) is 11.3 Å². The van der Waals surface area contributed by atoms with Gasteiger partial charge in [0.15, 0.2) is 0 Å². The third kappa shape index (κ3) is 10.1. The van der Waals surface area contributed by atoms with Crippen LogP contribution in [-0.4, -0.2) is 30.3 Å². The second-order valence-corrected chi connectivity index (χ2v) is 10.2. The van der Waals surface area contributed by atoms with E-state index in [-0.39, 0.29) is 6.04 Å². The summed E-state index contributed by atoms with van der Waals surface area (Å²) in [6, 6.07) is 25.2. The van der Waals surface area contributed by atoms with E-state index in [9.17, 15) is 22.8 Å². The highest BCUT2D eigenvalue weighted by Crippen LogP contribution is 2.29. The molecule has 0 radical (unpaired) electrons. The molecule has 0 bridgehead atoms. The lowest BCUT2D eigenvalue weighted by Crippen LogP contribution is -2.38. The Kier molecular flexibility index (Phi) is 12.0. The number of aromatic nitrogens is 1. The zero-order chi connectivity index (χ0) is 28.8. The molecule has 0 aliphatic heterocycles. The maximum Gasteiger partial charge on any atom is 0.416 e. The molecule has 1 aromatic heterocycles. The monoisotopic (exact) mass is 567 g/mol. The van der Waals surface area contributed by atoms with Crippen molar-refractivity contribution in [3.8, 4) is 10.6 Å². The summed E-state index contributed by atoms with van der Waals surface area (Å²) in [6.45, 7) is 2.68. The Labute approximate surface area is 236 Å². The Bertz CT molecular complexity index is 1330. The Balaban J connectivity index is 0.000000249. The van der Waals surface area contributed by atoms with Gasteiger partial charge in [-0.25, -0.2) is 4.98 Å². The molecule has 0 aliphatic rings. The number of thiazole rings is 1. The molecule has 1 amide bonds. The van der Waals surface area contributed by atoms with Crippen LogP contribution in [0.15, 0.2) is 84.9 Å². The van der Waals surface area contributed by atoms with Crippen molar-refractivity contribution in [2.45, 2.75) is 44.9 Å². The first-order chi connectivity index (χ1) is 19.3. The number of aryl methyl sites for hydroxylation is 2. The number of alkyl halides is 3. The minimum absolute atomic E-state index is 0.0278. The molecule has 0 spiro atoms. The van der Waals surface area contributed by atoms with Crippen molar-refractivity contribution in [2.24, 2.45) is 0 Å². The van der Waals surface area contributed by atoms with Crippen LogP contribution in [0, 0.1) is 6.92 Å². The van der Waals surface area contributed by atoms with E-state index < -0.39 is 11.7 Å². The van der Waals surface area contributed by atoms with Gasteiger partial charge in [-0.2, -0.15) is 13.2 Å². The van der Waals surface area contributed by atoms with Gasteiger partial charge in [0.05, 0.1) is 11.3 Å². The van der Waals surface area contributed by atoms with Crippen molar-refractivity contribution < 1.29 is 22.8 Å². The molecule has 1 heterocycles. The number of carbonyl (C=O) groups is 2. The number of hydrogen-bond donors (Lipinski definition) is 2. The van der Waals surface area contributed by atoms with Gasteiger partial charge >= 0.3 is 6.18 Å². The fraction of sp³-hybridized carbons (Fsp3) is 0.258. The third-order valence-corrected chi connectivity index (χ3v) is 7.33. The van der Waals surface area contributed by atoms with Gasteiger partial charge in [0, 0.05) is 36.0 Å². The van der Waals surface area contributed by atoms with E-state index >= 15 is 0 Å². The average molecular weight is 568 g/mol. The first-order valence-corrected chi connectivity index (χ1v) is 13.7. The van der Waals surface area contributed by atoms with Gasteiger partial charge < -0.3 is 15.4 Å². The average Bonchev–Trinajstić information content (AvgIpc) is 3.34. The molecule has 210 valence electrons. The summed E-state index contributed by atoms with van der Waals surface area (Å²) in [4.78, 5) is 26.5. The van der Waals surface area contributed by atoms with Crippen molar-refractivity contribution in [1.29, 1.82) is 0 Å². The number of nitrogens with one attached hydrogen (secondary N) is 2. The maximum absolute atomic E-state index is 12.8. The zero-order valence-corrected chi connectivity index (χ0v) is 23.0. The molecule has 4 rings (SSSR count). The van der Waals surface area contributed by atoms with Crippen LogP contribution >= 0.6 is 11.3 Å². The summed E-state index contributed by atoms with van der Waals surface area (Å²) >= 11 is 1.59. The minimum Gasteiger partial charge on any atom is -0.357 e. The molecule has 0 saturated carbocycles. The number of hydrogen-bond acceptors (Lipinski definition) is 5. The molecule has 0 fully saturated rings. The SMILES string of the molecule is Cc1nc(-c2ccccc2)sc1CC=O.O=CNC[C@H](CCc1ccccc1)NCc1cccc(C(F)(F)F)c1. The molecule has 1 atom stereocenters. The number of carbonyl (C=O) groups excluding carboxylic acids is 2. The standard InChI is InChI=1S/C19H21F3N2O.C12H11NOS/c20-19(21,22)17-8-4-7-16(11-17)12-24-18(13-23-14-25)10-9-15-5-2-1-3-6-15;1-9-11(7-8-14)15-12(13-9)10-5-3-2-4-6-10/h1-8,11,14,18,24H,9-10,12-13H2,(H,23,25);2-6,8H,7H2,1H3/t18-;/m0./s1. The highest BCUT2D eigenvalue weighted by Gasteiger charge is 2.30.